The summed E-state index contributed by atoms with van der Waals surface area (Å²) >= 11 is 0. The molecule has 0 saturated carbocycles. The molecule has 2 nitrogen and oxygen atoms in total. The minimum absolute atomic E-state index is 0.0132. The van der Waals surface area contributed by atoms with Gasteiger partial charge in [-0.3, -0.25) is 0 Å². The van der Waals surface area contributed by atoms with Crippen LogP contribution < -0.4 is 0 Å². The van der Waals surface area contributed by atoms with Gasteiger partial charge < -0.3 is 9.47 Å². The molecule has 1 aromatic rings. The van der Waals surface area contributed by atoms with Gasteiger partial charge in [0.15, 0.2) is 6.29 Å². The Labute approximate surface area is 91.2 Å². The molecule has 0 aromatic heterocycles. The third-order valence-electron chi connectivity index (χ3n) is 2.66. The first-order valence-electron chi connectivity index (χ1n) is 5.63. The quantitative estimate of drug-likeness (QED) is 0.756. The predicted molar refractivity (Wildman–Crippen MR) is 59.6 cm³/mol. The first-order valence-corrected chi connectivity index (χ1v) is 5.63. The van der Waals surface area contributed by atoms with E-state index in [0.717, 1.165) is 13.0 Å². The summed E-state index contributed by atoms with van der Waals surface area (Å²) in [5.74, 6) is 0. The minimum atomic E-state index is 0.0132. The van der Waals surface area contributed by atoms with Gasteiger partial charge in [0, 0.05) is 6.61 Å². The lowest BCUT2D eigenvalue weighted by Crippen LogP contribution is -2.21. The zero-order valence-electron chi connectivity index (χ0n) is 9.24. The van der Waals surface area contributed by atoms with E-state index in [2.05, 4.69) is 31.2 Å². The molecule has 0 N–H and O–H groups in total. The molecule has 1 saturated heterocycles. The van der Waals surface area contributed by atoms with Gasteiger partial charge in [0.05, 0.1) is 6.61 Å². The molecule has 0 spiro atoms. The fourth-order valence-electron chi connectivity index (χ4n) is 1.83. The average Bonchev–Trinajstić information content (AvgIpc) is 2.28. The van der Waals surface area contributed by atoms with E-state index in [1.807, 2.05) is 0 Å². The van der Waals surface area contributed by atoms with Crippen molar-refractivity contribution in [1.29, 1.82) is 0 Å². The highest BCUT2D eigenvalue weighted by Gasteiger charge is 2.13. The molecule has 0 aliphatic carbocycles. The Balaban J connectivity index is 1.81. The molecule has 1 aliphatic heterocycles. The van der Waals surface area contributed by atoms with E-state index in [9.17, 15) is 0 Å². The summed E-state index contributed by atoms with van der Waals surface area (Å²) < 4.78 is 11.2. The fourth-order valence-corrected chi connectivity index (χ4v) is 1.83. The second kappa shape index (κ2) is 5.29. The summed E-state index contributed by atoms with van der Waals surface area (Å²) in [5.41, 5.74) is 2.50. The minimum Gasteiger partial charge on any atom is -0.353 e. The van der Waals surface area contributed by atoms with Crippen LogP contribution in [0.1, 0.15) is 30.4 Å². The molecule has 15 heavy (non-hydrogen) atoms. The molecule has 2 heteroatoms. The third kappa shape index (κ3) is 3.33. The third-order valence-corrected chi connectivity index (χ3v) is 2.66. The van der Waals surface area contributed by atoms with E-state index < -0.39 is 0 Å². The molecule has 0 amide bonds. The lowest BCUT2D eigenvalue weighted by Gasteiger charge is -2.22. The van der Waals surface area contributed by atoms with Gasteiger partial charge in [0.1, 0.15) is 0 Å². The molecule has 82 valence electrons. The summed E-state index contributed by atoms with van der Waals surface area (Å²) in [7, 11) is 0. The van der Waals surface area contributed by atoms with E-state index in [-0.39, 0.29) is 6.29 Å². The van der Waals surface area contributed by atoms with Gasteiger partial charge in [-0.25, -0.2) is 0 Å². The van der Waals surface area contributed by atoms with Crippen LogP contribution in [-0.2, 0) is 16.1 Å². The van der Waals surface area contributed by atoms with E-state index in [0.29, 0.717) is 6.61 Å². The van der Waals surface area contributed by atoms with Crippen LogP contribution in [0.25, 0.3) is 0 Å². The summed E-state index contributed by atoms with van der Waals surface area (Å²) in [5, 5.41) is 0. The Kier molecular flexibility index (Phi) is 3.75. The van der Waals surface area contributed by atoms with Crippen molar-refractivity contribution in [3.8, 4) is 0 Å². The zero-order valence-corrected chi connectivity index (χ0v) is 9.24. The fraction of sp³-hybridized carbons (Fsp3) is 0.538. The molecule has 0 bridgehead atoms. The van der Waals surface area contributed by atoms with Crippen LogP contribution in [0.15, 0.2) is 24.3 Å². The van der Waals surface area contributed by atoms with Crippen molar-refractivity contribution in [2.45, 2.75) is 39.1 Å². The molecule has 2 rings (SSSR count). The van der Waals surface area contributed by atoms with Crippen LogP contribution in [0.3, 0.4) is 0 Å². The average molecular weight is 206 g/mol. The van der Waals surface area contributed by atoms with Gasteiger partial charge in [-0.15, -0.1) is 0 Å². The van der Waals surface area contributed by atoms with Crippen LogP contribution in [0.5, 0.6) is 0 Å². The van der Waals surface area contributed by atoms with Crippen LogP contribution in [0.4, 0.5) is 0 Å². The lowest BCUT2D eigenvalue weighted by atomic mass is 10.1. The standard InChI is InChI=1S/C13H18O2/c1-11-5-4-6-12(9-11)10-15-13-7-2-3-8-14-13/h4-6,9,13H,2-3,7-8,10H2,1H3. The smallest absolute Gasteiger partial charge is 0.158 e. The second-order valence-corrected chi connectivity index (χ2v) is 4.10. The molecular weight excluding hydrogens is 188 g/mol. The zero-order chi connectivity index (χ0) is 10.5. The van der Waals surface area contributed by atoms with Gasteiger partial charge in [0.2, 0.25) is 0 Å². The van der Waals surface area contributed by atoms with E-state index in [4.69, 9.17) is 9.47 Å². The topological polar surface area (TPSA) is 18.5 Å². The maximum absolute atomic E-state index is 5.70. The number of benzene rings is 1. The first kappa shape index (κ1) is 10.7. The number of rotatable bonds is 3. The Morgan fingerprint density at radius 1 is 1.40 bits per heavy atom. The normalized spacial score (nSPS) is 21.5. The number of ether oxygens (including phenoxy) is 2. The van der Waals surface area contributed by atoms with Crippen molar-refractivity contribution in [3.05, 3.63) is 35.4 Å². The number of hydrogen-bond acceptors (Lipinski definition) is 2. The lowest BCUT2D eigenvalue weighted by molar-refractivity contribution is -0.168. The van der Waals surface area contributed by atoms with Crippen LogP contribution in [0, 0.1) is 6.92 Å². The Hall–Kier alpha value is -0.860. The van der Waals surface area contributed by atoms with Gasteiger partial charge in [-0.05, 0) is 31.7 Å². The summed E-state index contributed by atoms with van der Waals surface area (Å²) in [6.45, 7) is 3.60. The Bertz CT molecular complexity index is 303. The predicted octanol–water partition coefficient (Wildman–Crippen LogP) is 3.04. The van der Waals surface area contributed by atoms with Crippen molar-refractivity contribution in [3.63, 3.8) is 0 Å². The maximum Gasteiger partial charge on any atom is 0.158 e. The van der Waals surface area contributed by atoms with E-state index in [1.165, 1.54) is 24.0 Å². The Morgan fingerprint density at radius 3 is 3.07 bits per heavy atom. The highest BCUT2D eigenvalue weighted by molar-refractivity contribution is 5.21. The summed E-state index contributed by atoms with van der Waals surface area (Å²) in [6, 6.07) is 8.41. The molecule has 1 aliphatic rings. The van der Waals surface area contributed by atoms with Crippen molar-refractivity contribution in [2.75, 3.05) is 6.61 Å². The molecule has 1 heterocycles. The van der Waals surface area contributed by atoms with Crippen molar-refractivity contribution >= 4 is 0 Å². The highest BCUT2D eigenvalue weighted by atomic mass is 16.7. The number of aryl methyl sites for hydroxylation is 1. The van der Waals surface area contributed by atoms with E-state index in [1.54, 1.807) is 0 Å². The highest BCUT2D eigenvalue weighted by Crippen LogP contribution is 2.15. The molecule has 1 unspecified atom stereocenters. The molecule has 1 aromatic carbocycles. The number of hydrogen-bond donors (Lipinski definition) is 0. The van der Waals surface area contributed by atoms with Gasteiger partial charge >= 0.3 is 0 Å². The molecule has 1 fully saturated rings. The Morgan fingerprint density at radius 2 is 2.33 bits per heavy atom. The monoisotopic (exact) mass is 206 g/mol. The SMILES string of the molecule is Cc1cccc(COC2CCCCO2)c1. The van der Waals surface area contributed by atoms with Crippen molar-refractivity contribution in [1.82, 2.24) is 0 Å². The van der Waals surface area contributed by atoms with Gasteiger partial charge in [-0.2, -0.15) is 0 Å². The first-order chi connectivity index (χ1) is 7.34. The largest absolute Gasteiger partial charge is 0.353 e. The molecule has 1 atom stereocenters. The van der Waals surface area contributed by atoms with Crippen molar-refractivity contribution < 1.29 is 9.47 Å². The summed E-state index contributed by atoms with van der Waals surface area (Å²) in [4.78, 5) is 0. The summed E-state index contributed by atoms with van der Waals surface area (Å²) in [6.07, 6.45) is 3.44. The van der Waals surface area contributed by atoms with Crippen molar-refractivity contribution in [2.24, 2.45) is 0 Å². The van der Waals surface area contributed by atoms with Gasteiger partial charge in [-0.1, -0.05) is 29.8 Å². The van der Waals surface area contributed by atoms with Crippen LogP contribution in [0.2, 0.25) is 0 Å². The van der Waals surface area contributed by atoms with Crippen LogP contribution in [-0.4, -0.2) is 12.9 Å². The second-order valence-electron chi connectivity index (χ2n) is 4.10. The maximum atomic E-state index is 5.70. The van der Waals surface area contributed by atoms with E-state index >= 15 is 0 Å². The van der Waals surface area contributed by atoms with Gasteiger partial charge in [0.25, 0.3) is 0 Å². The molecule has 0 radical (unpaired) electrons. The van der Waals surface area contributed by atoms with Crippen LogP contribution >= 0.6 is 0 Å². The molecular formula is C13H18O2.